The van der Waals surface area contributed by atoms with Crippen LogP contribution in [-0.4, -0.2) is 26.3 Å². The highest BCUT2D eigenvalue weighted by Crippen LogP contribution is 2.31. The van der Waals surface area contributed by atoms with Crippen LogP contribution in [0.3, 0.4) is 0 Å². The summed E-state index contributed by atoms with van der Waals surface area (Å²) in [6.07, 6.45) is 4.25. The summed E-state index contributed by atoms with van der Waals surface area (Å²) in [5, 5.41) is 3.38. The van der Waals surface area contributed by atoms with E-state index in [2.05, 4.69) is 11.9 Å². The minimum atomic E-state index is 0.699. The van der Waals surface area contributed by atoms with Gasteiger partial charge in [-0.3, -0.25) is 0 Å². The first-order chi connectivity index (χ1) is 6.29. The molecule has 1 aliphatic carbocycles. The van der Waals surface area contributed by atoms with Crippen molar-refractivity contribution in [1.29, 1.82) is 0 Å². The SMILES string of the molecule is C=C(C)COCCNCCC1CC1. The van der Waals surface area contributed by atoms with Gasteiger partial charge >= 0.3 is 0 Å². The van der Waals surface area contributed by atoms with Crippen LogP contribution in [0.25, 0.3) is 0 Å². The summed E-state index contributed by atoms with van der Waals surface area (Å²) < 4.78 is 5.36. The highest BCUT2D eigenvalue weighted by molar-refractivity contribution is 4.87. The van der Waals surface area contributed by atoms with Crippen molar-refractivity contribution < 1.29 is 4.74 Å². The number of hydrogen-bond acceptors (Lipinski definition) is 2. The molecular weight excluding hydrogens is 162 g/mol. The van der Waals surface area contributed by atoms with Gasteiger partial charge in [0.25, 0.3) is 0 Å². The molecule has 0 heterocycles. The van der Waals surface area contributed by atoms with Crippen molar-refractivity contribution in [3.8, 4) is 0 Å². The third-order valence-corrected chi connectivity index (χ3v) is 2.20. The lowest BCUT2D eigenvalue weighted by molar-refractivity contribution is 0.158. The number of nitrogens with one attached hydrogen (secondary N) is 1. The van der Waals surface area contributed by atoms with Gasteiger partial charge in [-0.2, -0.15) is 0 Å². The molecule has 0 radical (unpaired) electrons. The van der Waals surface area contributed by atoms with E-state index in [1.54, 1.807) is 0 Å². The predicted molar refractivity (Wildman–Crippen MR) is 55.8 cm³/mol. The van der Waals surface area contributed by atoms with Crippen LogP contribution in [0.1, 0.15) is 26.2 Å². The minimum absolute atomic E-state index is 0.699. The predicted octanol–water partition coefficient (Wildman–Crippen LogP) is 1.97. The van der Waals surface area contributed by atoms with Gasteiger partial charge in [-0.15, -0.1) is 0 Å². The standard InChI is InChI=1S/C11H21NO/c1-10(2)9-13-8-7-12-6-5-11-3-4-11/h11-12H,1,3-9H2,2H3. The first-order valence-electron chi connectivity index (χ1n) is 5.22. The smallest absolute Gasteiger partial charge is 0.0672 e. The van der Waals surface area contributed by atoms with E-state index in [0.29, 0.717) is 6.61 Å². The molecule has 0 aliphatic heterocycles. The lowest BCUT2D eigenvalue weighted by atomic mass is 10.3. The Hall–Kier alpha value is -0.340. The topological polar surface area (TPSA) is 21.3 Å². The summed E-state index contributed by atoms with van der Waals surface area (Å²) in [5.74, 6) is 1.03. The average Bonchev–Trinajstić information content (AvgIpc) is 2.86. The lowest BCUT2D eigenvalue weighted by Crippen LogP contribution is -2.21. The van der Waals surface area contributed by atoms with Gasteiger partial charge in [-0.25, -0.2) is 0 Å². The van der Waals surface area contributed by atoms with Crippen LogP contribution in [0.4, 0.5) is 0 Å². The number of hydrogen-bond donors (Lipinski definition) is 1. The molecule has 0 amide bonds. The fraction of sp³-hybridized carbons (Fsp3) is 0.818. The van der Waals surface area contributed by atoms with E-state index in [4.69, 9.17) is 4.74 Å². The van der Waals surface area contributed by atoms with Gasteiger partial charge in [0.05, 0.1) is 13.2 Å². The first-order valence-corrected chi connectivity index (χ1v) is 5.22. The summed E-state index contributed by atoms with van der Waals surface area (Å²) in [6, 6.07) is 0. The molecule has 0 bridgehead atoms. The summed E-state index contributed by atoms with van der Waals surface area (Å²) in [5.41, 5.74) is 1.10. The molecule has 2 heteroatoms. The van der Waals surface area contributed by atoms with E-state index < -0.39 is 0 Å². The lowest BCUT2D eigenvalue weighted by Gasteiger charge is -2.05. The summed E-state index contributed by atoms with van der Waals surface area (Å²) in [4.78, 5) is 0. The van der Waals surface area contributed by atoms with Crippen molar-refractivity contribution in [1.82, 2.24) is 5.32 Å². The highest BCUT2D eigenvalue weighted by Gasteiger charge is 2.19. The van der Waals surface area contributed by atoms with E-state index in [1.807, 2.05) is 6.92 Å². The summed E-state index contributed by atoms with van der Waals surface area (Å²) in [7, 11) is 0. The van der Waals surface area contributed by atoms with Gasteiger partial charge in [0.2, 0.25) is 0 Å². The van der Waals surface area contributed by atoms with E-state index in [1.165, 1.54) is 19.3 Å². The molecule has 76 valence electrons. The molecule has 0 aromatic carbocycles. The minimum Gasteiger partial charge on any atom is -0.376 e. The number of rotatable bonds is 8. The monoisotopic (exact) mass is 183 g/mol. The Labute approximate surface area is 81.4 Å². The van der Waals surface area contributed by atoms with Gasteiger partial charge in [-0.05, 0) is 25.8 Å². The van der Waals surface area contributed by atoms with Crippen LogP contribution in [0.15, 0.2) is 12.2 Å². The zero-order valence-electron chi connectivity index (χ0n) is 8.64. The Balaban J connectivity index is 1.70. The van der Waals surface area contributed by atoms with Crippen LogP contribution in [-0.2, 0) is 4.74 Å². The van der Waals surface area contributed by atoms with Gasteiger partial charge in [0.15, 0.2) is 0 Å². The van der Waals surface area contributed by atoms with Crippen molar-refractivity contribution in [2.45, 2.75) is 26.2 Å². The van der Waals surface area contributed by atoms with Crippen LogP contribution < -0.4 is 5.32 Å². The first kappa shape index (κ1) is 10.7. The van der Waals surface area contributed by atoms with E-state index in [0.717, 1.165) is 31.2 Å². The van der Waals surface area contributed by atoms with Crippen molar-refractivity contribution >= 4 is 0 Å². The Kier molecular flexibility index (Phi) is 5.09. The van der Waals surface area contributed by atoms with E-state index in [9.17, 15) is 0 Å². The largest absolute Gasteiger partial charge is 0.376 e. The molecule has 1 N–H and O–H groups in total. The normalized spacial score (nSPS) is 16.1. The third-order valence-electron chi connectivity index (χ3n) is 2.20. The fourth-order valence-corrected chi connectivity index (χ4v) is 1.23. The van der Waals surface area contributed by atoms with Crippen LogP contribution in [0.5, 0.6) is 0 Å². The van der Waals surface area contributed by atoms with Crippen LogP contribution in [0, 0.1) is 5.92 Å². The second kappa shape index (κ2) is 6.17. The summed E-state index contributed by atoms with van der Waals surface area (Å²) >= 11 is 0. The maximum atomic E-state index is 5.36. The summed E-state index contributed by atoms with van der Waals surface area (Å²) in [6.45, 7) is 9.39. The molecule has 1 fully saturated rings. The quantitative estimate of drug-likeness (QED) is 0.459. The molecular formula is C11H21NO. The molecule has 0 aromatic rings. The molecule has 0 unspecified atom stereocenters. The van der Waals surface area contributed by atoms with Crippen molar-refractivity contribution in [2.75, 3.05) is 26.3 Å². The Morgan fingerprint density at radius 1 is 1.46 bits per heavy atom. The molecule has 0 atom stereocenters. The van der Waals surface area contributed by atoms with Crippen LogP contribution >= 0.6 is 0 Å². The Bertz CT molecular complexity index is 152. The Morgan fingerprint density at radius 3 is 2.85 bits per heavy atom. The fourth-order valence-electron chi connectivity index (χ4n) is 1.23. The van der Waals surface area contributed by atoms with Crippen molar-refractivity contribution in [3.63, 3.8) is 0 Å². The van der Waals surface area contributed by atoms with E-state index >= 15 is 0 Å². The molecule has 1 saturated carbocycles. The number of ether oxygens (including phenoxy) is 1. The maximum Gasteiger partial charge on any atom is 0.0672 e. The second-order valence-corrected chi connectivity index (χ2v) is 3.99. The van der Waals surface area contributed by atoms with Crippen molar-refractivity contribution in [3.05, 3.63) is 12.2 Å². The zero-order valence-corrected chi connectivity index (χ0v) is 8.64. The zero-order chi connectivity index (χ0) is 9.52. The second-order valence-electron chi connectivity index (χ2n) is 3.99. The molecule has 2 nitrogen and oxygen atoms in total. The molecule has 0 spiro atoms. The van der Waals surface area contributed by atoms with Gasteiger partial charge in [0.1, 0.15) is 0 Å². The third kappa shape index (κ3) is 6.79. The molecule has 1 aliphatic rings. The van der Waals surface area contributed by atoms with Gasteiger partial charge in [0, 0.05) is 6.54 Å². The maximum absolute atomic E-state index is 5.36. The van der Waals surface area contributed by atoms with Gasteiger partial charge in [-0.1, -0.05) is 25.0 Å². The van der Waals surface area contributed by atoms with Gasteiger partial charge < -0.3 is 10.1 Å². The molecule has 13 heavy (non-hydrogen) atoms. The average molecular weight is 183 g/mol. The highest BCUT2D eigenvalue weighted by atomic mass is 16.5. The molecule has 0 saturated heterocycles. The molecule has 0 aromatic heterocycles. The molecule has 1 rings (SSSR count). The Morgan fingerprint density at radius 2 is 2.23 bits per heavy atom. The van der Waals surface area contributed by atoms with Crippen molar-refractivity contribution in [2.24, 2.45) is 5.92 Å². The van der Waals surface area contributed by atoms with E-state index in [-0.39, 0.29) is 0 Å². The van der Waals surface area contributed by atoms with Crippen LogP contribution in [0.2, 0.25) is 0 Å².